The zero-order valence-corrected chi connectivity index (χ0v) is 19.5. The van der Waals surface area contributed by atoms with E-state index >= 15 is 0 Å². The van der Waals surface area contributed by atoms with Crippen LogP contribution < -0.4 is 5.32 Å². The SMILES string of the molecule is CC(=O)N[C@@H]1[C@@H](OC(C)=O)[C@H](OC(C)=O)[C@@H](COC(C)=O)O[C@H]1SCCCCCC(=O)O. The minimum atomic E-state index is -1.11. The van der Waals surface area contributed by atoms with E-state index in [4.69, 9.17) is 24.1 Å². The van der Waals surface area contributed by atoms with E-state index in [9.17, 15) is 24.0 Å². The Morgan fingerprint density at radius 3 is 2.06 bits per heavy atom. The summed E-state index contributed by atoms with van der Waals surface area (Å²) in [7, 11) is 0. The third-order valence-electron chi connectivity index (χ3n) is 4.39. The largest absolute Gasteiger partial charge is 0.481 e. The van der Waals surface area contributed by atoms with Crippen molar-refractivity contribution in [3.63, 3.8) is 0 Å². The molecule has 5 atom stereocenters. The monoisotopic (exact) mass is 477 g/mol. The molecular formula is C20H31NO10S. The Balaban J connectivity index is 3.05. The molecule has 12 heteroatoms. The van der Waals surface area contributed by atoms with E-state index in [0.717, 1.165) is 0 Å². The lowest BCUT2D eigenvalue weighted by Gasteiger charge is -2.45. The van der Waals surface area contributed by atoms with Gasteiger partial charge in [0.05, 0.1) is 0 Å². The first kappa shape index (κ1) is 27.7. The van der Waals surface area contributed by atoms with Gasteiger partial charge in [-0.2, -0.15) is 0 Å². The second-order valence-electron chi connectivity index (χ2n) is 7.30. The first-order valence-electron chi connectivity index (χ1n) is 10.2. The lowest BCUT2D eigenvalue weighted by molar-refractivity contribution is -0.211. The van der Waals surface area contributed by atoms with Gasteiger partial charge in [-0.3, -0.25) is 24.0 Å². The normalized spacial score (nSPS) is 24.8. The van der Waals surface area contributed by atoms with Crippen molar-refractivity contribution < 1.29 is 48.0 Å². The molecule has 2 N–H and O–H groups in total. The highest BCUT2D eigenvalue weighted by molar-refractivity contribution is 7.99. The lowest BCUT2D eigenvalue weighted by Crippen LogP contribution is -2.65. The fraction of sp³-hybridized carbons (Fsp3) is 0.750. The van der Waals surface area contributed by atoms with Gasteiger partial charge in [0.2, 0.25) is 5.91 Å². The van der Waals surface area contributed by atoms with Gasteiger partial charge in [-0.25, -0.2) is 0 Å². The number of aliphatic carboxylic acids is 1. The third kappa shape index (κ3) is 10.3. The van der Waals surface area contributed by atoms with Crippen molar-refractivity contribution in [3.05, 3.63) is 0 Å². The average Bonchev–Trinajstić information content (AvgIpc) is 2.65. The number of unbranched alkanes of at least 4 members (excludes halogenated alkanes) is 2. The van der Waals surface area contributed by atoms with Crippen LogP contribution in [-0.4, -0.2) is 77.0 Å². The summed E-state index contributed by atoms with van der Waals surface area (Å²) >= 11 is 1.34. The maximum Gasteiger partial charge on any atom is 0.303 e. The first-order chi connectivity index (χ1) is 15.0. The number of carboxylic acid groups (broad SMARTS) is 1. The predicted octanol–water partition coefficient (Wildman–Crippen LogP) is 1.02. The molecule has 32 heavy (non-hydrogen) atoms. The van der Waals surface area contributed by atoms with Crippen molar-refractivity contribution in [2.45, 2.75) is 83.2 Å². The van der Waals surface area contributed by atoms with E-state index < -0.39 is 59.6 Å². The van der Waals surface area contributed by atoms with Gasteiger partial charge in [0.1, 0.15) is 24.2 Å². The Kier molecular flexibility index (Phi) is 12.1. The van der Waals surface area contributed by atoms with Crippen LogP contribution in [0.25, 0.3) is 0 Å². The molecule has 0 bridgehead atoms. The van der Waals surface area contributed by atoms with E-state index in [2.05, 4.69) is 5.32 Å². The summed E-state index contributed by atoms with van der Waals surface area (Å²) in [6, 6.07) is -0.835. The number of esters is 3. The van der Waals surface area contributed by atoms with E-state index in [1.165, 1.54) is 39.5 Å². The van der Waals surface area contributed by atoms with Crippen LogP contribution in [0.3, 0.4) is 0 Å². The highest BCUT2D eigenvalue weighted by Gasteiger charge is 2.50. The number of nitrogens with one attached hydrogen (secondary N) is 1. The minimum Gasteiger partial charge on any atom is -0.481 e. The first-order valence-corrected chi connectivity index (χ1v) is 11.3. The van der Waals surface area contributed by atoms with Crippen LogP contribution in [0, 0.1) is 0 Å². The van der Waals surface area contributed by atoms with Crippen molar-refractivity contribution in [2.24, 2.45) is 0 Å². The molecule has 1 aliphatic rings. The van der Waals surface area contributed by atoms with Crippen LogP contribution in [0.15, 0.2) is 0 Å². The molecule has 1 aliphatic heterocycles. The van der Waals surface area contributed by atoms with Crippen molar-refractivity contribution in [1.82, 2.24) is 5.32 Å². The molecule has 0 aliphatic carbocycles. The number of carbonyl (C=O) groups is 5. The Labute approximate surface area is 190 Å². The molecule has 0 saturated carbocycles. The Bertz CT molecular complexity index is 685. The molecule has 1 amide bonds. The van der Waals surface area contributed by atoms with Crippen LogP contribution in [0.2, 0.25) is 0 Å². The molecule has 0 spiro atoms. The maximum absolute atomic E-state index is 11.8. The topological polar surface area (TPSA) is 155 Å². The third-order valence-corrected chi connectivity index (χ3v) is 5.65. The van der Waals surface area contributed by atoms with Gasteiger partial charge in [-0.15, -0.1) is 11.8 Å². The van der Waals surface area contributed by atoms with E-state index in [-0.39, 0.29) is 13.0 Å². The zero-order chi connectivity index (χ0) is 24.3. The quantitative estimate of drug-likeness (QED) is 0.235. The number of amides is 1. The summed E-state index contributed by atoms with van der Waals surface area (Å²) in [6.07, 6.45) is -1.10. The number of carbonyl (C=O) groups excluding carboxylic acids is 4. The van der Waals surface area contributed by atoms with Crippen molar-refractivity contribution in [1.29, 1.82) is 0 Å². The molecule has 182 valence electrons. The van der Waals surface area contributed by atoms with Crippen molar-refractivity contribution in [3.8, 4) is 0 Å². The summed E-state index contributed by atoms with van der Waals surface area (Å²) in [4.78, 5) is 57.3. The van der Waals surface area contributed by atoms with Crippen LogP contribution in [0.1, 0.15) is 53.4 Å². The minimum absolute atomic E-state index is 0.0855. The molecule has 0 aromatic heterocycles. The van der Waals surface area contributed by atoms with Crippen LogP contribution in [-0.2, 0) is 42.9 Å². The predicted molar refractivity (Wildman–Crippen MR) is 113 cm³/mol. The number of hydrogen-bond acceptors (Lipinski definition) is 10. The van der Waals surface area contributed by atoms with E-state index in [0.29, 0.717) is 25.0 Å². The lowest BCUT2D eigenvalue weighted by atomic mass is 9.97. The summed E-state index contributed by atoms with van der Waals surface area (Å²) < 4.78 is 21.8. The molecule has 0 unspecified atom stereocenters. The Hall–Kier alpha value is -2.34. The fourth-order valence-corrected chi connectivity index (χ4v) is 4.44. The summed E-state index contributed by atoms with van der Waals surface area (Å²) in [6.45, 7) is 4.64. The van der Waals surface area contributed by atoms with Crippen molar-refractivity contribution in [2.75, 3.05) is 12.4 Å². The number of ether oxygens (including phenoxy) is 4. The molecule has 1 heterocycles. The molecule has 11 nitrogen and oxygen atoms in total. The number of thioether (sulfide) groups is 1. The Morgan fingerprint density at radius 1 is 0.906 bits per heavy atom. The van der Waals surface area contributed by atoms with Gasteiger partial charge in [0.15, 0.2) is 12.2 Å². The smallest absolute Gasteiger partial charge is 0.303 e. The number of carboxylic acids is 1. The van der Waals surface area contributed by atoms with Gasteiger partial charge in [-0.1, -0.05) is 6.42 Å². The molecule has 1 saturated heterocycles. The van der Waals surface area contributed by atoms with Gasteiger partial charge >= 0.3 is 23.9 Å². The van der Waals surface area contributed by atoms with E-state index in [1.807, 2.05) is 0 Å². The van der Waals surface area contributed by atoms with Crippen LogP contribution >= 0.6 is 11.8 Å². The van der Waals surface area contributed by atoms with Crippen molar-refractivity contribution >= 4 is 41.5 Å². The highest BCUT2D eigenvalue weighted by atomic mass is 32.2. The second kappa shape index (κ2) is 13.9. The van der Waals surface area contributed by atoms with Crippen LogP contribution in [0.4, 0.5) is 0 Å². The zero-order valence-electron chi connectivity index (χ0n) is 18.7. The highest BCUT2D eigenvalue weighted by Crippen LogP contribution is 2.33. The number of hydrogen-bond donors (Lipinski definition) is 2. The van der Waals surface area contributed by atoms with E-state index in [1.54, 1.807) is 0 Å². The maximum atomic E-state index is 11.8. The molecule has 1 fully saturated rings. The van der Waals surface area contributed by atoms with Gasteiger partial charge in [0, 0.05) is 34.1 Å². The summed E-state index contributed by atoms with van der Waals surface area (Å²) in [5, 5.41) is 11.4. The standard InChI is InChI=1S/C20H31NO10S/c1-11(22)21-17-19(30-14(4)25)18(29-13(3)24)15(10-28-12(2)23)31-20(17)32-9-7-5-6-8-16(26)27/h15,17-20H,5-10H2,1-4H3,(H,21,22)(H,26,27)/t15-,17-,18-,19-,20+/m1/s1. The van der Waals surface area contributed by atoms with Crippen LogP contribution in [0.5, 0.6) is 0 Å². The number of rotatable bonds is 12. The van der Waals surface area contributed by atoms with Gasteiger partial charge in [-0.05, 0) is 18.6 Å². The molecule has 0 aromatic rings. The summed E-state index contributed by atoms with van der Waals surface area (Å²) in [5.41, 5.74) is -0.699. The molecular weight excluding hydrogens is 446 g/mol. The van der Waals surface area contributed by atoms with Gasteiger partial charge in [0.25, 0.3) is 0 Å². The average molecular weight is 478 g/mol. The molecule has 1 rings (SSSR count). The van der Waals surface area contributed by atoms with Gasteiger partial charge < -0.3 is 29.4 Å². The second-order valence-corrected chi connectivity index (χ2v) is 8.50. The molecule has 0 radical (unpaired) electrons. The molecule has 0 aromatic carbocycles. The fourth-order valence-electron chi connectivity index (χ4n) is 3.19. The Morgan fingerprint density at radius 2 is 1.53 bits per heavy atom. The summed E-state index contributed by atoms with van der Waals surface area (Å²) in [5.74, 6) is -2.55.